The number of aliphatic hydroxyl groups is 1. The maximum Gasteiger partial charge on any atom is 0.129 e. The van der Waals surface area contributed by atoms with Gasteiger partial charge >= 0.3 is 0 Å². The molecule has 0 saturated carbocycles. The second kappa shape index (κ2) is 5.54. The molecule has 1 nitrogen and oxygen atoms in total. The van der Waals surface area contributed by atoms with Crippen LogP contribution in [0, 0.1) is 29.1 Å². The summed E-state index contributed by atoms with van der Waals surface area (Å²) < 4.78 is 27.7. The molecular formula is C15H13F2IO. The van der Waals surface area contributed by atoms with Gasteiger partial charge in [-0.15, -0.1) is 0 Å². The lowest BCUT2D eigenvalue weighted by Crippen LogP contribution is -2.07. The smallest absolute Gasteiger partial charge is 0.129 e. The summed E-state index contributed by atoms with van der Waals surface area (Å²) in [6, 6.07) is 7.28. The minimum absolute atomic E-state index is 0.245. The van der Waals surface area contributed by atoms with Gasteiger partial charge in [0.15, 0.2) is 0 Å². The number of benzene rings is 2. The maximum absolute atomic E-state index is 14.0. The van der Waals surface area contributed by atoms with Crippen molar-refractivity contribution in [2.75, 3.05) is 0 Å². The number of rotatable bonds is 2. The van der Waals surface area contributed by atoms with E-state index in [0.29, 0.717) is 14.7 Å². The summed E-state index contributed by atoms with van der Waals surface area (Å²) in [5, 5.41) is 10.3. The second-order valence-corrected chi connectivity index (χ2v) is 5.71. The summed E-state index contributed by atoms with van der Waals surface area (Å²) in [5.74, 6) is -0.813. The quantitative estimate of drug-likeness (QED) is 0.779. The van der Waals surface area contributed by atoms with Gasteiger partial charge < -0.3 is 5.11 Å². The zero-order chi connectivity index (χ0) is 14.2. The standard InChI is InChI=1S/C15H13F2IO/c1-8-5-9(2)14(12(17)6-8)15(19)11-4-3-10(16)7-13(11)18/h3-7,15,19H,1-2H3. The Hall–Kier alpha value is -1.01. The van der Waals surface area contributed by atoms with Crippen molar-refractivity contribution < 1.29 is 13.9 Å². The summed E-state index contributed by atoms with van der Waals surface area (Å²) in [7, 11) is 0. The summed E-state index contributed by atoms with van der Waals surface area (Å²) in [4.78, 5) is 0. The van der Waals surface area contributed by atoms with Crippen LogP contribution in [0.5, 0.6) is 0 Å². The second-order valence-electron chi connectivity index (χ2n) is 4.55. The highest BCUT2D eigenvalue weighted by atomic mass is 127. The average Bonchev–Trinajstić information content (AvgIpc) is 2.26. The van der Waals surface area contributed by atoms with Gasteiger partial charge in [-0.2, -0.15) is 0 Å². The molecule has 1 atom stereocenters. The van der Waals surface area contributed by atoms with Crippen molar-refractivity contribution in [3.63, 3.8) is 0 Å². The third-order valence-corrected chi connectivity index (χ3v) is 3.95. The number of aliphatic hydroxyl groups excluding tert-OH is 1. The zero-order valence-corrected chi connectivity index (χ0v) is 12.7. The molecule has 0 fully saturated rings. The van der Waals surface area contributed by atoms with E-state index in [9.17, 15) is 13.9 Å². The molecule has 1 unspecified atom stereocenters. The van der Waals surface area contributed by atoms with Crippen molar-refractivity contribution in [2.45, 2.75) is 20.0 Å². The van der Waals surface area contributed by atoms with Crippen LogP contribution in [-0.2, 0) is 0 Å². The molecule has 0 aliphatic heterocycles. The van der Waals surface area contributed by atoms with Crippen molar-refractivity contribution in [2.24, 2.45) is 0 Å². The Labute approximate surface area is 124 Å². The van der Waals surface area contributed by atoms with Gasteiger partial charge in [0.1, 0.15) is 17.7 Å². The first-order chi connectivity index (χ1) is 8.90. The Balaban J connectivity index is 2.53. The van der Waals surface area contributed by atoms with Crippen molar-refractivity contribution in [3.8, 4) is 0 Å². The predicted octanol–water partition coefficient (Wildman–Crippen LogP) is 4.27. The fourth-order valence-electron chi connectivity index (χ4n) is 2.15. The van der Waals surface area contributed by atoms with Gasteiger partial charge in [0.25, 0.3) is 0 Å². The molecule has 0 spiro atoms. The maximum atomic E-state index is 14.0. The molecule has 0 amide bonds. The highest BCUT2D eigenvalue weighted by Gasteiger charge is 2.20. The van der Waals surface area contributed by atoms with Gasteiger partial charge in [-0.25, -0.2) is 8.78 Å². The number of halogens is 3. The van der Waals surface area contributed by atoms with Crippen LogP contribution in [0.15, 0.2) is 30.3 Å². The van der Waals surface area contributed by atoms with E-state index in [4.69, 9.17) is 0 Å². The molecule has 2 aromatic rings. The number of aryl methyl sites for hydroxylation is 2. The first-order valence-electron chi connectivity index (χ1n) is 5.80. The normalized spacial score (nSPS) is 12.5. The lowest BCUT2D eigenvalue weighted by atomic mass is 9.95. The third-order valence-electron chi connectivity index (χ3n) is 3.01. The summed E-state index contributed by atoms with van der Waals surface area (Å²) in [5.41, 5.74) is 2.24. The van der Waals surface area contributed by atoms with Gasteiger partial charge in [0.05, 0.1) is 0 Å². The van der Waals surface area contributed by atoms with Crippen molar-refractivity contribution in [1.29, 1.82) is 0 Å². The minimum atomic E-state index is -1.09. The first kappa shape index (κ1) is 14.4. The Morgan fingerprint density at radius 3 is 2.37 bits per heavy atom. The molecule has 0 aliphatic rings. The van der Waals surface area contributed by atoms with Crippen molar-refractivity contribution in [3.05, 3.63) is 67.8 Å². The predicted molar refractivity (Wildman–Crippen MR) is 79.1 cm³/mol. The van der Waals surface area contributed by atoms with E-state index in [1.807, 2.05) is 28.7 Å². The largest absolute Gasteiger partial charge is 0.383 e. The fraction of sp³-hybridized carbons (Fsp3) is 0.200. The average molecular weight is 374 g/mol. The van der Waals surface area contributed by atoms with Crippen LogP contribution < -0.4 is 0 Å². The Bertz CT molecular complexity index is 603. The molecule has 1 N–H and O–H groups in total. The van der Waals surface area contributed by atoms with E-state index in [1.165, 1.54) is 24.3 Å². The first-order valence-corrected chi connectivity index (χ1v) is 6.87. The van der Waals surface area contributed by atoms with Gasteiger partial charge in [0.2, 0.25) is 0 Å². The van der Waals surface area contributed by atoms with Crippen LogP contribution in [0.3, 0.4) is 0 Å². The van der Waals surface area contributed by atoms with Gasteiger partial charge in [-0.05, 0) is 71.3 Å². The Morgan fingerprint density at radius 1 is 1.11 bits per heavy atom. The molecule has 0 bridgehead atoms. The van der Waals surface area contributed by atoms with Crippen molar-refractivity contribution >= 4 is 22.6 Å². The van der Waals surface area contributed by atoms with Gasteiger partial charge in [0, 0.05) is 9.13 Å². The fourth-order valence-corrected chi connectivity index (χ4v) is 2.92. The highest BCUT2D eigenvalue weighted by molar-refractivity contribution is 14.1. The molecule has 0 heterocycles. The highest BCUT2D eigenvalue weighted by Crippen LogP contribution is 2.31. The van der Waals surface area contributed by atoms with E-state index >= 15 is 0 Å². The minimum Gasteiger partial charge on any atom is -0.383 e. The number of hydrogen-bond donors (Lipinski definition) is 1. The molecule has 4 heteroatoms. The summed E-state index contributed by atoms with van der Waals surface area (Å²) in [6.07, 6.45) is -1.09. The van der Waals surface area contributed by atoms with E-state index in [-0.39, 0.29) is 11.4 Å². The Kier molecular flexibility index (Phi) is 4.20. The summed E-state index contributed by atoms with van der Waals surface area (Å²) >= 11 is 1.94. The van der Waals surface area contributed by atoms with Gasteiger partial charge in [-0.1, -0.05) is 12.1 Å². The van der Waals surface area contributed by atoms with Crippen LogP contribution in [0.25, 0.3) is 0 Å². The molecular weight excluding hydrogens is 361 g/mol. The molecule has 0 radical (unpaired) electrons. The van der Waals surface area contributed by atoms with E-state index < -0.39 is 11.9 Å². The molecule has 0 saturated heterocycles. The third kappa shape index (κ3) is 2.95. The lowest BCUT2D eigenvalue weighted by molar-refractivity contribution is 0.213. The molecule has 0 aromatic heterocycles. The summed E-state index contributed by atoms with van der Waals surface area (Å²) in [6.45, 7) is 3.55. The van der Waals surface area contributed by atoms with E-state index in [0.717, 1.165) is 5.56 Å². The van der Waals surface area contributed by atoms with Crippen molar-refractivity contribution in [1.82, 2.24) is 0 Å². The Morgan fingerprint density at radius 2 is 1.79 bits per heavy atom. The van der Waals surface area contributed by atoms with Gasteiger partial charge in [-0.3, -0.25) is 0 Å². The zero-order valence-electron chi connectivity index (χ0n) is 10.5. The van der Waals surface area contributed by atoms with Crippen LogP contribution in [0.4, 0.5) is 8.78 Å². The number of hydrogen-bond acceptors (Lipinski definition) is 1. The molecule has 2 aromatic carbocycles. The van der Waals surface area contributed by atoms with E-state index in [1.54, 1.807) is 13.8 Å². The van der Waals surface area contributed by atoms with E-state index in [2.05, 4.69) is 0 Å². The van der Waals surface area contributed by atoms with Crippen LogP contribution >= 0.6 is 22.6 Å². The molecule has 100 valence electrons. The van der Waals surface area contributed by atoms with Crippen LogP contribution in [0.2, 0.25) is 0 Å². The topological polar surface area (TPSA) is 20.2 Å². The van der Waals surface area contributed by atoms with Crippen LogP contribution in [-0.4, -0.2) is 5.11 Å². The SMILES string of the molecule is Cc1cc(C)c(C(O)c2ccc(F)cc2I)c(F)c1. The van der Waals surface area contributed by atoms with Crippen LogP contribution in [0.1, 0.15) is 28.4 Å². The monoisotopic (exact) mass is 374 g/mol. The molecule has 0 aliphatic carbocycles. The molecule has 19 heavy (non-hydrogen) atoms. The lowest BCUT2D eigenvalue weighted by Gasteiger charge is -2.17. The molecule has 2 rings (SSSR count).